The number of nitrogens with one attached hydrogen (secondary N) is 1. The smallest absolute Gasteiger partial charge is 0.307 e. The van der Waals surface area contributed by atoms with Crippen LogP contribution in [-0.2, 0) is 21.1 Å². The maximum atomic E-state index is 12.6. The topological polar surface area (TPSA) is 138 Å². The largest absolute Gasteiger partial charge is 0.494 e. The number of rotatable bonds is 11. The van der Waals surface area contributed by atoms with E-state index in [-0.39, 0.29) is 12.6 Å². The molecule has 1 fully saturated rings. The summed E-state index contributed by atoms with van der Waals surface area (Å²) >= 11 is 1.43. The second kappa shape index (κ2) is 10.5. The van der Waals surface area contributed by atoms with Crippen LogP contribution in [0.15, 0.2) is 23.8 Å². The number of aliphatic carboxylic acids is 1. The van der Waals surface area contributed by atoms with Gasteiger partial charge in [-0.1, -0.05) is 19.6 Å². The zero-order valence-electron chi connectivity index (χ0n) is 22.5. The van der Waals surface area contributed by atoms with E-state index in [9.17, 15) is 14.7 Å². The summed E-state index contributed by atoms with van der Waals surface area (Å²) in [5.74, 6) is -1.18. The summed E-state index contributed by atoms with van der Waals surface area (Å²) < 4.78 is 20.2. The van der Waals surface area contributed by atoms with E-state index in [1.807, 2.05) is 16.8 Å². The van der Waals surface area contributed by atoms with Crippen molar-refractivity contribution in [2.45, 2.75) is 38.8 Å². The molecule has 0 aromatic carbocycles. The van der Waals surface area contributed by atoms with Crippen molar-refractivity contribution >= 4 is 58.5 Å². The third-order valence-corrected chi connectivity index (χ3v) is 9.23. The van der Waals surface area contributed by atoms with Crippen molar-refractivity contribution in [2.24, 2.45) is 11.8 Å². The molecule has 5 rings (SSSR count). The predicted octanol–water partition coefficient (Wildman–Crippen LogP) is 4.70. The van der Waals surface area contributed by atoms with Gasteiger partial charge in [0.15, 0.2) is 11.4 Å². The molecule has 1 saturated carbocycles. The molecular weight excluding hydrogens is 538 g/mol. The number of ether oxygens (including phenoxy) is 3. The van der Waals surface area contributed by atoms with Gasteiger partial charge in [-0.3, -0.25) is 9.59 Å². The summed E-state index contributed by atoms with van der Waals surface area (Å²) in [6.07, 6.45) is 2.26. The van der Waals surface area contributed by atoms with E-state index in [0.717, 1.165) is 21.7 Å². The molecule has 206 valence electrons. The maximum Gasteiger partial charge on any atom is 0.307 e. The summed E-state index contributed by atoms with van der Waals surface area (Å²) in [6.45, 7) is 7.78. The summed E-state index contributed by atoms with van der Waals surface area (Å²) in [6, 6.07) is 4.59. The van der Waals surface area contributed by atoms with Crippen LogP contribution in [-0.4, -0.2) is 65.4 Å². The molecule has 0 saturated heterocycles. The lowest BCUT2D eigenvalue weighted by molar-refractivity contribution is -0.139. The zero-order chi connectivity index (χ0) is 27.9. The molecule has 0 unspecified atom stereocenters. The number of methoxy groups -OCH3 is 2. The number of carbonyl (C=O) groups is 2. The Morgan fingerprint density at radius 2 is 1.97 bits per heavy atom. The van der Waals surface area contributed by atoms with Gasteiger partial charge in [-0.25, -0.2) is 9.97 Å². The molecule has 2 atom stereocenters. The summed E-state index contributed by atoms with van der Waals surface area (Å²) in [4.78, 5) is 37.5. The number of carboxylic acids is 1. The number of pyridine rings is 2. The molecule has 4 aromatic rings. The van der Waals surface area contributed by atoms with E-state index >= 15 is 0 Å². The molecular formula is C26H31N5O6SSi. The number of hydrogen-bond acceptors (Lipinski definition) is 9. The van der Waals surface area contributed by atoms with Crippen LogP contribution in [0.3, 0.4) is 0 Å². The molecule has 1 aliphatic rings. The highest BCUT2D eigenvalue weighted by Crippen LogP contribution is 2.46. The molecule has 11 nitrogen and oxygen atoms in total. The first-order valence-corrected chi connectivity index (χ1v) is 17.2. The molecule has 0 spiro atoms. The van der Waals surface area contributed by atoms with Crippen molar-refractivity contribution in [1.82, 2.24) is 19.5 Å². The highest BCUT2D eigenvalue weighted by molar-refractivity contribution is 7.17. The van der Waals surface area contributed by atoms with Crippen molar-refractivity contribution in [3.8, 4) is 22.8 Å². The van der Waals surface area contributed by atoms with Crippen LogP contribution in [0.25, 0.3) is 32.5 Å². The number of carbonyl (C=O) groups excluding carboxylic acids is 1. The van der Waals surface area contributed by atoms with Gasteiger partial charge in [0.05, 0.1) is 37.1 Å². The first-order chi connectivity index (χ1) is 18.6. The lowest BCUT2D eigenvalue weighted by Gasteiger charge is -2.15. The molecule has 0 aliphatic heterocycles. The maximum absolute atomic E-state index is 12.6. The first kappa shape index (κ1) is 27.0. The van der Waals surface area contributed by atoms with Gasteiger partial charge in [0, 0.05) is 31.8 Å². The molecule has 4 heterocycles. The number of fused-ring (bicyclic) bond motifs is 2. The molecule has 0 bridgehead atoms. The quantitative estimate of drug-likeness (QED) is 0.194. The normalized spacial score (nSPS) is 16.9. The summed E-state index contributed by atoms with van der Waals surface area (Å²) in [5, 5.41) is 12.7. The summed E-state index contributed by atoms with van der Waals surface area (Å²) in [5.41, 5.74) is 4.30. The lowest BCUT2D eigenvalue weighted by atomic mass is 10.1. The van der Waals surface area contributed by atoms with Crippen molar-refractivity contribution in [1.29, 1.82) is 0 Å². The fraction of sp³-hybridized carbons (Fsp3) is 0.423. The van der Waals surface area contributed by atoms with Crippen LogP contribution >= 0.6 is 11.3 Å². The van der Waals surface area contributed by atoms with Gasteiger partial charge in [0.2, 0.25) is 11.8 Å². The van der Waals surface area contributed by atoms with Crippen LogP contribution in [0, 0.1) is 11.8 Å². The standard InChI is InChI=1S/C26H31N5O6SSi/c1-35-20-19(25(36-2)30-22-21(20)38-12-27-22)17-11-31(13-37-8-9-39(3,4)5)23-14(17)6-7-18(28-23)29-24(32)15-10-16(15)26(33)34/h6-7,11-12,15-16H,8-10,13H2,1-5H3,(H,33,34)(H,28,29,32)/t15-,16-/m1/s1. The minimum absolute atomic E-state index is 0.260. The Labute approximate surface area is 230 Å². The average molecular weight is 570 g/mol. The summed E-state index contributed by atoms with van der Waals surface area (Å²) in [7, 11) is 1.88. The number of carboxylic acid groups (broad SMARTS) is 1. The fourth-order valence-corrected chi connectivity index (χ4v) is 5.98. The Hall–Kier alpha value is -3.55. The molecule has 0 radical (unpaired) electrons. The van der Waals surface area contributed by atoms with E-state index in [1.54, 1.807) is 25.8 Å². The van der Waals surface area contributed by atoms with Gasteiger partial charge in [-0.15, -0.1) is 11.3 Å². The minimum atomic E-state index is -1.27. The molecule has 2 N–H and O–H groups in total. The number of hydrogen-bond donors (Lipinski definition) is 2. The minimum Gasteiger partial charge on any atom is -0.494 e. The number of anilines is 1. The van der Waals surface area contributed by atoms with Crippen molar-refractivity contribution < 1.29 is 28.9 Å². The van der Waals surface area contributed by atoms with Crippen LogP contribution in [0.5, 0.6) is 11.6 Å². The van der Waals surface area contributed by atoms with E-state index in [4.69, 9.17) is 19.2 Å². The second-order valence-corrected chi connectivity index (χ2v) is 17.2. The predicted molar refractivity (Wildman–Crippen MR) is 151 cm³/mol. The van der Waals surface area contributed by atoms with Crippen LogP contribution in [0.1, 0.15) is 6.42 Å². The van der Waals surface area contributed by atoms with E-state index in [1.165, 1.54) is 11.3 Å². The van der Waals surface area contributed by atoms with E-state index in [0.29, 0.717) is 47.3 Å². The third kappa shape index (κ3) is 5.47. The Morgan fingerprint density at radius 3 is 2.64 bits per heavy atom. The Kier molecular flexibility index (Phi) is 7.31. The highest BCUT2D eigenvalue weighted by atomic mass is 32.1. The van der Waals surface area contributed by atoms with Gasteiger partial charge in [-0.2, -0.15) is 4.98 Å². The van der Waals surface area contributed by atoms with Gasteiger partial charge >= 0.3 is 5.97 Å². The Bertz CT molecular complexity index is 1560. The van der Waals surface area contributed by atoms with Gasteiger partial charge in [0.25, 0.3) is 0 Å². The number of thiazole rings is 1. The molecule has 39 heavy (non-hydrogen) atoms. The van der Waals surface area contributed by atoms with Gasteiger partial charge < -0.3 is 29.2 Å². The SMILES string of the molecule is COc1nc2ncsc2c(OC)c1-c1cn(COCC[Si](C)(C)C)c2nc(NC(=O)[C@@H]3C[C@H]3C(=O)O)ccc12. The van der Waals surface area contributed by atoms with Crippen LogP contribution < -0.4 is 14.8 Å². The van der Waals surface area contributed by atoms with Crippen molar-refractivity contribution in [3.05, 3.63) is 23.8 Å². The fourth-order valence-electron chi connectivity index (χ4n) is 4.47. The molecule has 13 heteroatoms. The first-order valence-electron chi connectivity index (χ1n) is 12.6. The monoisotopic (exact) mass is 569 g/mol. The number of amides is 1. The van der Waals surface area contributed by atoms with Crippen LogP contribution in [0.4, 0.5) is 5.82 Å². The molecule has 4 aromatic heterocycles. The van der Waals surface area contributed by atoms with Crippen LogP contribution in [0.2, 0.25) is 25.7 Å². The molecule has 1 aliphatic carbocycles. The molecule has 1 amide bonds. The highest BCUT2D eigenvalue weighted by Gasteiger charge is 2.48. The third-order valence-electron chi connectivity index (χ3n) is 6.71. The number of aromatic nitrogens is 4. The Morgan fingerprint density at radius 1 is 1.18 bits per heavy atom. The Balaban J connectivity index is 1.56. The van der Waals surface area contributed by atoms with Crippen molar-refractivity contribution in [3.63, 3.8) is 0 Å². The lowest BCUT2D eigenvalue weighted by Crippen LogP contribution is -2.22. The van der Waals surface area contributed by atoms with E-state index < -0.39 is 25.9 Å². The van der Waals surface area contributed by atoms with Crippen molar-refractivity contribution in [2.75, 3.05) is 26.1 Å². The average Bonchev–Trinajstić information content (AvgIpc) is 3.45. The zero-order valence-corrected chi connectivity index (χ0v) is 24.3. The van der Waals surface area contributed by atoms with Gasteiger partial charge in [0.1, 0.15) is 22.9 Å². The second-order valence-electron chi connectivity index (χ2n) is 10.7. The van der Waals surface area contributed by atoms with Gasteiger partial charge in [-0.05, 0) is 24.6 Å². The van der Waals surface area contributed by atoms with E-state index in [2.05, 4.69) is 34.9 Å². The number of nitrogens with zero attached hydrogens (tertiary/aromatic N) is 4.